The van der Waals surface area contributed by atoms with Gasteiger partial charge in [0.15, 0.2) is 0 Å². The van der Waals surface area contributed by atoms with E-state index in [9.17, 15) is 18.4 Å². The zero-order valence-electron chi connectivity index (χ0n) is 14.3. The van der Waals surface area contributed by atoms with Gasteiger partial charge in [-0.05, 0) is 44.0 Å². The number of fused-ring (bicyclic) bond motifs is 1. The van der Waals surface area contributed by atoms with Crippen molar-refractivity contribution < 1.29 is 8.78 Å². The normalized spacial score (nSPS) is 11.7. The summed E-state index contributed by atoms with van der Waals surface area (Å²) in [4.78, 5) is 29.7. The third-order valence-electron chi connectivity index (χ3n) is 3.92. The summed E-state index contributed by atoms with van der Waals surface area (Å²) in [5.74, 6) is 0. The van der Waals surface area contributed by atoms with Crippen molar-refractivity contribution in [2.24, 2.45) is 0 Å². The van der Waals surface area contributed by atoms with Crippen LogP contribution in [-0.4, -0.2) is 25.7 Å². The van der Waals surface area contributed by atoms with Crippen LogP contribution in [0.4, 0.5) is 8.78 Å². The van der Waals surface area contributed by atoms with E-state index in [1.807, 2.05) is 13.8 Å². The molecule has 0 spiro atoms. The molecule has 0 aliphatic heterocycles. The predicted octanol–water partition coefficient (Wildman–Crippen LogP) is 2.89. The SMILES string of the molecule is CSNn1c(=O)[nH]c2cc(C(F)F)c(-c3ccnn3C(C)C)cc2c1=O. The second-order valence-corrected chi connectivity index (χ2v) is 6.50. The molecule has 2 N–H and O–H groups in total. The predicted molar refractivity (Wildman–Crippen MR) is 98.3 cm³/mol. The van der Waals surface area contributed by atoms with Crippen LogP contribution >= 0.6 is 11.9 Å². The van der Waals surface area contributed by atoms with Gasteiger partial charge in [0.2, 0.25) is 0 Å². The summed E-state index contributed by atoms with van der Waals surface area (Å²) in [6, 6.07) is 4.10. The fourth-order valence-corrected chi connectivity index (χ4v) is 3.14. The maximum atomic E-state index is 13.7. The monoisotopic (exact) mass is 381 g/mol. The standard InChI is InChI=1S/C16H17F2N5O2S/c1-8(2)22-13(4-5-19-22)9-6-11-12(7-10(9)14(17)18)20-16(25)23(15(11)24)21-26-3/h4-8,14,21H,1-3H3,(H,20,25). The van der Waals surface area contributed by atoms with Gasteiger partial charge in [-0.1, -0.05) is 0 Å². The van der Waals surface area contributed by atoms with Crippen molar-refractivity contribution >= 4 is 22.9 Å². The molecule has 10 heteroatoms. The molecule has 0 aliphatic carbocycles. The first kappa shape index (κ1) is 18.2. The van der Waals surface area contributed by atoms with E-state index in [2.05, 4.69) is 14.9 Å². The van der Waals surface area contributed by atoms with Gasteiger partial charge in [-0.2, -0.15) is 9.77 Å². The fourth-order valence-electron chi connectivity index (χ4n) is 2.80. The smallest absolute Gasteiger partial charge is 0.305 e. The van der Waals surface area contributed by atoms with Crippen molar-refractivity contribution in [3.63, 3.8) is 0 Å². The Labute approximate surface area is 151 Å². The highest BCUT2D eigenvalue weighted by Gasteiger charge is 2.21. The second kappa shape index (κ2) is 6.94. The maximum Gasteiger partial charge on any atom is 0.348 e. The molecule has 0 radical (unpaired) electrons. The summed E-state index contributed by atoms with van der Waals surface area (Å²) in [7, 11) is 0. The lowest BCUT2D eigenvalue weighted by molar-refractivity contribution is 0.152. The minimum atomic E-state index is -2.78. The van der Waals surface area contributed by atoms with E-state index in [0.29, 0.717) is 5.69 Å². The summed E-state index contributed by atoms with van der Waals surface area (Å²) < 4.78 is 29.7. The van der Waals surface area contributed by atoms with Gasteiger partial charge < -0.3 is 4.98 Å². The largest absolute Gasteiger partial charge is 0.348 e. The third kappa shape index (κ3) is 3.00. The van der Waals surface area contributed by atoms with E-state index in [0.717, 1.165) is 22.7 Å². The molecule has 0 amide bonds. The highest BCUT2D eigenvalue weighted by Crippen LogP contribution is 2.34. The Bertz CT molecular complexity index is 1070. The van der Waals surface area contributed by atoms with Crippen LogP contribution in [0.2, 0.25) is 0 Å². The van der Waals surface area contributed by atoms with Gasteiger partial charge >= 0.3 is 5.69 Å². The maximum absolute atomic E-state index is 13.7. The average Bonchev–Trinajstić information content (AvgIpc) is 3.07. The molecule has 1 aromatic carbocycles. The summed E-state index contributed by atoms with van der Waals surface area (Å²) in [6.45, 7) is 3.76. The lowest BCUT2D eigenvalue weighted by Gasteiger charge is -2.15. The topological polar surface area (TPSA) is 84.7 Å². The van der Waals surface area contributed by atoms with E-state index in [1.54, 1.807) is 17.0 Å². The number of hydrogen-bond acceptors (Lipinski definition) is 5. The molecule has 2 aromatic heterocycles. The molecule has 3 rings (SSSR count). The van der Waals surface area contributed by atoms with Gasteiger partial charge in [-0.3, -0.25) is 14.3 Å². The molecule has 26 heavy (non-hydrogen) atoms. The average molecular weight is 381 g/mol. The summed E-state index contributed by atoms with van der Waals surface area (Å²) in [5, 5.41) is 4.30. The summed E-state index contributed by atoms with van der Waals surface area (Å²) in [5.41, 5.74) is -0.863. The molecule has 0 saturated heterocycles. The van der Waals surface area contributed by atoms with Crippen LogP contribution < -0.4 is 16.1 Å². The Morgan fingerprint density at radius 1 is 1.27 bits per heavy atom. The van der Waals surface area contributed by atoms with Crippen LogP contribution in [0.5, 0.6) is 0 Å². The first-order chi connectivity index (χ1) is 12.3. The Balaban J connectivity index is 2.38. The number of hydrogen-bond donors (Lipinski definition) is 2. The Morgan fingerprint density at radius 3 is 2.62 bits per heavy atom. The molecule has 0 aliphatic rings. The van der Waals surface area contributed by atoms with Gasteiger partial charge in [0, 0.05) is 29.6 Å². The first-order valence-corrected chi connectivity index (χ1v) is 9.01. The minimum Gasteiger partial charge on any atom is -0.305 e. The molecular formula is C16H17F2N5O2S. The molecule has 7 nitrogen and oxygen atoms in total. The lowest BCUT2D eigenvalue weighted by Crippen LogP contribution is -2.38. The number of nitrogens with zero attached hydrogens (tertiary/aromatic N) is 3. The Kier molecular flexibility index (Phi) is 4.86. The van der Waals surface area contributed by atoms with Crippen LogP contribution in [0.25, 0.3) is 22.2 Å². The third-order valence-corrected chi connectivity index (χ3v) is 4.29. The van der Waals surface area contributed by atoms with Gasteiger partial charge in [-0.15, -0.1) is 0 Å². The zero-order valence-corrected chi connectivity index (χ0v) is 15.1. The van der Waals surface area contributed by atoms with Crippen LogP contribution in [0.1, 0.15) is 31.9 Å². The van der Waals surface area contributed by atoms with Crippen LogP contribution in [0.3, 0.4) is 0 Å². The van der Waals surface area contributed by atoms with E-state index >= 15 is 0 Å². The number of H-pyrrole nitrogens is 1. The molecule has 2 heterocycles. The van der Waals surface area contributed by atoms with E-state index in [1.165, 1.54) is 12.3 Å². The summed E-state index contributed by atoms with van der Waals surface area (Å²) in [6.07, 6.45) is 0.401. The summed E-state index contributed by atoms with van der Waals surface area (Å²) >= 11 is 1.07. The number of rotatable bonds is 5. The molecule has 0 unspecified atom stereocenters. The second-order valence-electron chi connectivity index (χ2n) is 5.91. The lowest BCUT2D eigenvalue weighted by atomic mass is 10.0. The van der Waals surface area contributed by atoms with Gasteiger partial charge in [-0.25, -0.2) is 13.6 Å². The zero-order chi connectivity index (χ0) is 19.0. The van der Waals surface area contributed by atoms with Gasteiger partial charge in [0.1, 0.15) is 0 Å². The number of halogens is 2. The molecule has 138 valence electrons. The molecule has 3 aromatic rings. The van der Waals surface area contributed by atoms with Crippen LogP contribution in [0.15, 0.2) is 34.0 Å². The van der Waals surface area contributed by atoms with Gasteiger partial charge in [0.25, 0.3) is 12.0 Å². The number of alkyl halides is 2. The van der Waals surface area contributed by atoms with E-state index < -0.39 is 17.7 Å². The van der Waals surface area contributed by atoms with E-state index in [4.69, 9.17) is 0 Å². The van der Waals surface area contributed by atoms with Crippen LogP contribution in [-0.2, 0) is 0 Å². The molecule has 0 atom stereocenters. The van der Waals surface area contributed by atoms with Crippen molar-refractivity contribution in [3.05, 3.63) is 50.8 Å². The van der Waals surface area contributed by atoms with Crippen molar-refractivity contribution in [2.45, 2.75) is 26.3 Å². The van der Waals surface area contributed by atoms with Crippen molar-refractivity contribution in [1.82, 2.24) is 19.4 Å². The number of aromatic amines is 1. The van der Waals surface area contributed by atoms with Crippen LogP contribution in [0, 0.1) is 0 Å². The van der Waals surface area contributed by atoms with Crippen molar-refractivity contribution in [1.29, 1.82) is 0 Å². The Hall–Kier alpha value is -2.62. The Morgan fingerprint density at radius 2 is 2.00 bits per heavy atom. The highest BCUT2D eigenvalue weighted by molar-refractivity contribution is 7.99. The highest BCUT2D eigenvalue weighted by atomic mass is 32.2. The quantitative estimate of drug-likeness (QED) is 0.664. The molecule has 0 bridgehead atoms. The number of aromatic nitrogens is 4. The molecule has 0 fully saturated rings. The minimum absolute atomic E-state index is 0.0494. The molecule has 0 saturated carbocycles. The number of benzene rings is 1. The van der Waals surface area contributed by atoms with Crippen molar-refractivity contribution in [3.8, 4) is 11.3 Å². The fraction of sp³-hybridized carbons (Fsp3) is 0.312. The van der Waals surface area contributed by atoms with E-state index in [-0.39, 0.29) is 28.1 Å². The number of nitrogens with one attached hydrogen (secondary N) is 2. The molecular weight excluding hydrogens is 364 g/mol. The first-order valence-electron chi connectivity index (χ1n) is 7.79. The van der Waals surface area contributed by atoms with Gasteiger partial charge in [0.05, 0.1) is 16.6 Å². The van der Waals surface area contributed by atoms with Crippen molar-refractivity contribution in [2.75, 3.05) is 11.1 Å².